The lowest BCUT2D eigenvalue weighted by Crippen LogP contribution is -2.59. The molecule has 1 amide bonds. The van der Waals surface area contributed by atoms with E-state index in [0.29, 0.717) is 47.2 Å². The number of piperidine rings is 2. The van der Waals surface area contributed by atoms with Crippen LogP contribution in [-0.4, -0.2) is 89.3 Å². The van der Waals surface area contributed by atoms with Gasteiger partial charge in [0, 0.05) is 30.1 Å². The van der Waals surface area contributed by atoms with Gasteiger partial charge in [-0.3, -0.25) is 19.6 Å². The third-order valence-corrected chi connectivity index (χ3v) is 10.7. The number of carboxylic acids is 1. The summed E-state index contributed by atoms with van der Waals surface area (Å²) >= 11 is 0. The van der Waals surface area contributed by atoms with E-state index >= 15 is 0 Å². The minimum absolute atomic E-state index is 0.0310. The maximum absolute atomic E-state index is 14.4. The number of rotatable bonds is 10. The Morgan fingerprint density at radius 3 is 2.04 bits per heavy atom. The molecule has 2 N–H and O–H groups in total. The van der Waals surface area contributed by atoms with Crippen molar-refractivity contribution in [3.8, 4) is 11.3 Å². The average Bonchev–Trinajstić information content (AvgIpc) is 3.11. The van der Waals surface area contributed by atoms with Crippen molar-refractivity contribution in [1.82, 2.24) is 20.1 Å². The second-order valence-electron chi connectivity index (χ2n) is 13.9. The number of fused-ring (bicyclic) bond motifs is 2. The molecule has 6 rings (SSSR count). The summed E-state index contributed by atoms with van der Waals surface area (Å²) in [4.78, 5) is 33.7. The molecular weight excluding hydrogens is 712 g/mol. The SMILES string of the molecule is O=C(O)[C@H](Cc1cccc2c(-c3ncc(CN4CCC(C(F)(F)F)CC4)c4ccccc34)cccc12)NC(=O)C1(C(F)(F)F)CCN(CC(F)F)CC1. The van der Waals surface area contributed by atoms with Gasteiger partial charge in [-0.2, -0.15) is 26.3 Å². The summed E-state index contributed by atoms with van der Waals surface area (Å²) in [7, 11) is 0. The summed E-state index contributed by atoms with van der Waals surface area (Å²) in [5, 5.41) is 15.1. The van der Waals surface area contributed by atoms with Crippen molar-refractivity contribution in [2.75, 3.05) is 32.7 Å². The summed E-state index contributed by atoms with van der Waals surface area (Å²) in [5.41, 5.74) is -0.319. The molecule has 0 spiro atoms. The highest BCUT2D eigenvalue weighted by molar-refractivity contribution is 6.05. The van der Waals surface area contributed by atoms with Crippen LogP contribution in [0.3, 0.4) is 0 Å². The first-order valence-corrected chi connectivity index (χ1v) is 17.3. The first kappa shape index (κ1) is 38.4. The first-order chi connectivity index (χ1) is 25.1. The number of nitrogens with one attached hydrogen (secondary N) is 1. The van der Waals surface area contributed by atoms with E-state index in [9.17, 15) is 49.8 Å². The molecule has 2 fully saturated rings. The van der Waals surface area contributed by atoms with Crippen LogP contribution in [0.4, 0.5) is 35.1 Å². The van der Waals surface area contributed by atoms with Crippen LogP contribution >= 0.6 is 0 Å². The molecule has 7 nitrogen and oxygen atoms in total. The van der Waals surface area contributed by atoms with Gasteiger partial charge in [-0.05, 0) is 79.1 Å². The van der Waals surface area contributed by atoms with Crippen molar-refractivity contribution in [2.24, 2.45) is 11.3 Å². The first-order valence-electron chi connectivity index (χ1n) is 17.3. The third kappa shape index (κ3) is 8.10. The number of aromatic nitrogens is 1. The quantitative estimate of drug-likeness (QED) is 0.161. The van der Waals surface area contributed by atoms with E-state index in [1.54, 1.807) is 30.5 Å². The Hall–Kier alpha value is -4.37. The number of pyridine rings is 1. The maximum Gasteiger partial charge on any atom is 0.403 e. The van der Waals surface area contributed by atoms with Crippen LogP contribution in [0.25, 0.3) is 32.8 Å². The molecule has 0 bridgehead atoms. The molecule has 3 aromatic carbocycles. The zero-order chi connectivity index (χ0) is 38.1. The van der Waals surface area contributed by atoms with Gasteiger partial charge in [0.05, 0.1) is 18.2 Å². The fraction of sp³-hybridized carbons (Fsp3) is 0.447. The molecule has 1 aromatic heterocycles. The number of likely N-dealkylation sites (tertiary alicyclic amines) is 2. The minimum atomic E-state index is -5.04. The van der Waals surface area contributed by atoms with Crippen molar-refractivity contribution in [3.63, 3.8) is 0 Å². The standard InChI is InChI=1S/C38H38F8N4O3/c39-32(40)22-50-17-13-36(14-18-50,38(44,45)46)35(53)48-31(34(51)52)19-23-5-3-9-28-26(23)8-4-10-30(28)33-29-7-2-1-6-27(29)24(20-47-33)21-49-15-11-25(12-16-49)37(41,42)43/h1-10,20,25,31-32H,11-19,21-22H2,(H,48,53)(H,51,52)/t31-/m0/s1. The molecule has 0 unspecified atom stereocenters. The van der Waals surface area contributed by atoms with Crippen molar-refractivity contribution in [2.45, 2.75) is 63.5 Å². The van der Waals surface area contributed by atoms with Crippen molar-refractivity contribution in [1.29, 1.82) is 0 Å². The van der Waals surface area contributed by atoms with Crippen LogP contribution in [0.2, 0.25) is 0 Å². The largest absolute Gasteiger partial charge is 0.480 e. The van der Waals surface area contributed by atoms with E-state index < -0.39 is 80.5 Å². The van der Waals surface area contributed by atoms with Gasteiger partial charge in [0.1, 0.15) is 11.5 Å². The predicted molar refractivity (Wildman–Crippen MR) is 182 cm³/mol. The monoisotopic (exact) mass is 750 g/mol. The van der Waals surface area contributed by atoms with Gasteiger partial charge in [0.15, 0.2) is 0 Å². The molecular formula is C38H38F8N4O3. The number of hydrogen-bond donors (Lipinski definition) is 2. The molecule has 3 heterocycles. The van der Waals surface area contributed by atoms with Crippen LogP contribution in [0.15, 0.2) is 66.9 Å². The fourth-order valence-electron chi connectivity index (χ4n) is 7.68. The molecule has 4 aromatic rings. The van der Waals surface area contributed by atoms with Gasteiger partial charge >= 0.3 is 18.3 Å². The van der Waals surface area contributed by atoms with E-state index in [0.717, 1.165) is 21.2 Å². The minimum Gasteiger partial charge on any atom is -0.480 e. The van der Waals surface area contributed by atoms with Crippen molar-refractivity contribution >= 4 is 33.4 Å². The van der Waals surface area contributed by atoms with Crippen LogP contribution in [0.1, 0.15) is 36.8 Å². The van der Waals surface area contributed by atoms with Crippen LogP contribution in [-0.2, 0) is 22.6 Å². The lowest BCUT2D eigenvalue weighted by Gasteiger charge is -2.41. The Kier molecular flexibility index (Phi) is 11.0. The number of carboxylic acid groups (broad SMARTS) is 1. The highest BCUT2D eigenvalue weighted by Gasteiger charge is 2.61. The Balaban J connectivity index is 1.26. The molecule has 284 valence electrons. The van der Waals surface area contributed by atoms with Gasteiger partial charge in [0.2, 0.25) is 5.91 Å². The normalized spacial score (nSPS) is 18.4. The number of alkyl halides is 8. The molecule has 53 heavy (non-hydrogen) atoms. The van der Waals surface area contributed by atoms with E-state index in [4.69, 9.17) is 4.98 Å². The molecule has 0 saturated carbocycles. The number of nitrogens with zero attached hydrogens (tertiary/aromatic N) is 3. The number of benzene rings is 3. The van der Waals surface area contributed by atoms with E-state index in [1.807, 2.05) is 41.3 Å². The van der Waals surface area contributed by atoms with Crippen molar-refractivity contribution in [3.05, 3.63) is 78.0 Å². The summed E-state index contributed by atoms with van der Waals surface area (Å²) in [6, 6.07) is 16.2. The second-order valence-corrected chi connectivity index (χ2v) is 13.9. The lowest BCUT2D eigenvalue weighted by molar-refractivity contribution is -0.233. The fourth-order valence-corrected chi connectivity index (χ4v) is 7.68. The zero-order valence-corrected chi connectivity index (χ0v) is 28.5. The third-order valence-electron chi connectivity index (χ3n) is 10.7. The molecule has 1 atom stereocenters. The number of aliphatic carboxylic acids is 1. The van der Waals surface area contributed by atoms with E-state index in [1.165, 1.54) is 0 Å². The number of halogens is 8. The number of carbonyl (C=O) groups is 2. The Labute approximate surface area is 300 Å². The number of carbonyl (C=O) groups excluding carboxylic acids is 1. The highest BCUT2D eigenvalue weighted by atomic mass is 19.4. The topological polar surface area (TPSA) is 85.8 Å². The van der Waals surface area contributed by atoms with Crippen molar-refractivity contribution < 1.29 is 49.8 Å². The van der Waals surface area contributed by atoms with Gasteiger partial charge in [-0.15, -0.1) is 0 Å². The Morgan fingerprint density at radius 1 is 0.811 bits per heavy atom. The van der Waals surface area contributed by atoms with Gasteiger partial charge in [-0.1, -0.05) is 60.7 Å². The number of hydrogen-bond acceptors (Lipinski definition) is 5. The average molecular weight is 751 g/mol. The predicted octanol–water partition coefficient (Wildman–Crippen LogP) is 7.85. The van der Waals surface area contributed by atoms with Crippen LogP contribution < -0.4 is 5.32 Å². The number of amides is 1. The zero-order valence-electron chi connectivity index (χ0n) is 28.5. The maximum atomic E-state index is 14.4. The van der Waals surface area contributed by atoms with Gasteiger partial charge in [0.25, 0.3) is 6.43 Å². The van der Waals surface area contributed by atoms with Gasteiger partial charge < -0.3 is 10.4 Å². The van der Waals surface area contributed by atoms with E-state index in [-0.39, 0.29) is 19.3 Å². The smallest absolute Gasteiger partial charge is 0.403 e. The summed E-state index contributed by atoms with van der Waals surface area (Å²) in [5.74, 6) is -4.35. The van der Waals surface area contributed by atoms with Crippen LogP contribution in [0, 0.1) is 11.3 Å². The molecule has 2 saturated heterocycles. The molecule has 15 heteroatoms. The molecule has 0 aliphatic carbocycles. The van der Waals surface area contributed by atoms with E-state index in [2.05, 4.69) is 5.32 Å². The lowest BCUT2D eigenvalue weighted by atomic mass is 9.76. The Bertz CT molecular complexity index is 1950. The van der Waals surface area contributed by atoms with Gasteiger partial charge in [-0.25, -0.2) is 13.6 Å². The summed E-state index contributed by atoms with van der Waals surface area (Å²) < 4.78 is 109. The molecule has 2 aliphatic rings. The summed E-state index contributed by atoms with van der Waals surface area (Å²) in [6.07, 6.45) is -12.1. The van der Waals surface area contributed by atoms with Crippen LogP contribution in [0.5, 0.6) is 0 Å². The second kappa shape index (κ2) is 15.2. The molecule has 0 radical (unpaired) electrons. The summed E-state index contributed by atoms with van der Waals surface area (Å²) in [6.45, 7) is -0.484. The Morgan fingerprint density at radius 2 is 1.42 bits per heavy atom. The highest BCUT2D eigenvalue weighted by Crippen LogP contribution is 2.47. The molecule has 2 aliphatic heterocycles.